The first-order valence-electron chi connectivity index (χ1n) is 3.19. The maximum atomic E-state index is 5.65. The van der Waals surface area contributed by atoms with Crippen molar-refractivity contribution in [3.8, 4) is 5.75 Å². The van der Waals surface area contributed by atoms with Crippen molar-refractivity contribution in [1.29, 1.82) is 0 Å². The molecular formula is C7H7ClINO. The summed E-state index contributed by atoms with van der Waals surface area (Å²) in [5, 5.41) is 0.498. The van der Waals surface area contributed by atoms with Gasteiger partial charge in [-0.25, -0.2) is 4.98 Å². The van der Waals surface area contributed by atoms with Gasteiger partial charge in [0.05, 0.1) is 6.61 Å². The van der Waals surface area contributed by atoms with E-state index < -0.39 is 0 Å². The zero-order valence-electron chi connectivity index (χ0n) is 5.97. The molecule has 0 fully saturated rings. The van der Waals surface area contributed by atoms with Crippen LogP contribution in [0.25, 0.3) is 0 Å². The predicted octanol–water partition coefficient (Wildman–Crippen LogP) is 2.74. The van der Waals surface area contributed by atoms with E-state index in [1.165, 1.54) is 0 Å². The number of rotatable bonds is 2. The van der Waals surface area contributed by atoms with Gasteiger partial charge in [0.2, 0.25) is 0 Å². The third-order valence-corrected chi connectivity index (χ3v) is 2.06. The van der Waals surface area contributed by atoms with E-state index in [0.29, 0.717) is 11.8 Å². The van der Waals surface area contributed by atoms with Gasteiger partial charge in [-0.2, -0.15) is 0 Å². The van der Waals surface area contributed by atoms with Gasteiger partial charge in [0.1, 0.15) is 8.85 Å². The first-order chi connectivity index (χ1) is 5.24. The van der Waals surface area contributed by atoms with Gasteiger partial charge in [-0.1, -0.05) is 11.6 Å². The molecule has 0 saturated carbocycles. The number of halogens is 2. The Labute approximate surface area is 84.1 Å². The van der Waals surface area contributed by atoms with Gasteiger partial charge >= 0.3 is 0 Å². The Morgan fingerprint density at radius 1 is 1.64 bits per heavy atom. The molecule has 0 amide bonds. The van der Waals surface area contributed by atoms with Gasteiger partial charge in [0, 0.05) is 0 Å². The lowest BCUT2D eigenvalue weighted by molar-refractivity contribution is 0.336. The van der Waals surface area contributed by atoms with E-state index in [1.807, 2.05) is 13.0 Å². The highest BCUT2D eigenvalue weighted by Gasteiger charge is 2.00. The molecule has 0 N–H and O–H groups in total. The molecule has 1 rings (SSSR count). The average molecular weight is 283 g/mol. The van der Waals surface area contributed by atoms with E-state index in [2.05, 4.69) is 27.6 Å². The molecule has 11 heavy (non-hydrogen) atoms. The molecule has 60 valence electrons. The molecule has 0 aliphatic carbocycles. The second kappa shape index (κ2) is 4.11. The highest BCUT2D eigenvalue weighted by atomic mass is 127. The van der Waals surface area contributed by atoms with Crippen LogP contribution in [-0.2, 0) is 0 Å². The summed E-state index contributed by atoms with van der Waals surface area (Å²) in [4.78, 5) is 4.02. The molecular weight excluding hydrogens is 276 g/mol. The van der Waals surface area contributed by atoms with Gasteiger partial charge in [-0.3, -0.25) is 0 Å². The molecule has 0 atom stereocenters. The fraction of sp³-hybridized carbons (Fsp3) is 0.286. The van der Waals surface area contributed by atoms with Crippen LogP contribution in [-0.4, -0.2) is 11.6 Å². The highest BCUT2D eigenvalue weighted by Crippen LogP contribution is 2.20. The van der Waals surface area contributed by atoms with E-state index in [4.69, 9.17) is 16.3 Å². The summed E-state index contributed by atoms with van der Waals surface area (Å²) < 4.78 is 6.07. The monoisotopic (exact) mass is 283 g/mol. The van der Waals surface area contributed by atoms with Crippen molar-refractivity contribution >= 4 is 34.2 Å². The van der Waals surface area contributed by atoms with Gasteiger partial charge in [0.25, 0.3) is 0 Å². The van der Waals surface area contributed by atoms with Crippen LogP contribution in [0.3, 0.4) is 0 Å². The van der Waals surface area contributed by atoms with Crippen LogP contribution in [0.4, 0.5) is 0 Å². The third kappa shape index (κ3) is 2.48. The molecule has 4 heteroatoms. The number of hydrogen-bond acceptors (Lipinski definition) is 2. The first-order valence-corrected chi connectivity index (χ1v) is 4.64. The molecule has 2 nitrogen and oxygen atoms in total. The Morgan fingerprint density at radius 2 is 2.36 bits per heavy atom. The summed E-state index contributed by atoms with van der Waals surface area (Å²) in [6.07, 6.45) is 0. The lowest BCUT2D eigenvalue weighted by Crippen LogP contribution is -1.95. The first kappa shape index (κ1) is 9.06. The second-order valence-corrected chi connectivity index (χ2v) is 3.26. The average Bonchev–Trinajstić information content (AvgIpc) is 1.95. The Balaban J connectivity index is 2.90. The number of pyridine rings is 1. The SMILES string of the molecule is CCOc1ccc(Cl)nc1I. The minimum atomic E-state index is 0.498. The summed E-state index contributed by atoms with van der Waals surface area (Å²) in [5.74, 6) is 0.789. The predicted molar refractivity (Wildman–Crippen MR) is 53.1 cm³/mol. The van der Waals surface area contributed by atoms with Crippen molar-refractivity contribution < 1.29 is 4.74 Å². The van der Waals surface area contributed by atoms with Crippen LogP contribution in [0.2, 0.25) is 5.15 Å². The molecule has 0 aromatic carbocycles. The highest BCUT2D eigenvalue weighted by molar-refractivity contribution is 14.1. The van der Waals surface area contributed by atoms with Crippen LogP contribution < -0.4 is 4.74 Å². The van der Waals surface area contributed by atoms with Crippen molar-refractivity contribution in [2.75, 3.05) is 6.61 Å². The Morgan fingerprint density at radius 3 is 2.91 bits per heavy atom. The Kier molecular flexibility index (Phi) is 3.39. The largest absolute Gasteiger partial charge is 0.491 e. The molecule has 0 radical (unpaired) electrons. The minimum Gasteiger partial charge on any atom is -0.491 e. The molecule has 0 aliphatic rings. The van der Waals surface area contributed by atoms with Gasteiger partial charge in [0.15, 0.2) is 5.75 Å². The topological polar surface area (TPSA) is 22.1 Å². The zero-order chi connectivity index (χ0) is 8.27. The normalized spacial score (nSPS) is 9.73. The summed E-state index contributed by atoms with van der Waals surface area (Å²) in [7, 11) is 0. The van der Waals surface area contributed by atoms with Crippen molar-refractivity contribution in [3.05, 3.63) is 21.0 Å². The van der Waals surface area contributed by atoms with Crippen LogP contribution in [0.1, 0.15) is 6.92 Å². The minimum absolute atomic E-state index is 0.498. The number of nitrogens with zero attached hydrogens (tertiary/aromatic N) is 1. The standard InChI is InChI=1S/C7H7ClINO/c1-2-11-5-3-4-6(8)10-7(5)9/h3-4H,2H2,1H3. The van der Waals surface area contributed by atoms with Crippen molar-refractivity contribution in [3.63, 3.8) is 0 Å². The quantitative estimate of drug-likeness (QED) is 0.615. The molecule has 0 unspecified atom stereocenters. The Bertz CT molecular complexity index is 254. The lowest BCUT2D eigenvalue weighted by Gasteiger charge is -2.03. The summed E-state index contributed by atoms with van der Waals surface area (Å²) in [5.41, 5.74) is 0. The molecule has 1 aromatic heterocycles. The van der Waals surface area contributed by atoms with E-state index >= 15 is 0 Å². The zero-order valence-corrected chi connectivity index (χ0v) is 8.89. The van der Waals surface area contributed by atoms with Crippen LogP contribution in [0.5, 0.6) is 5.75 Å². The van der Waals surface area contributed by atoms with E-state index in [9.17, 15) is 0 Å². The summed E-state index contributed by atoms with van der Waals surface area (Å²) in [6, 6.07) is 3.54. The van der Waals surface area contributed by atoms with Gasteiger partial charge in [-0.05, 0) is 41.6 Å². The molecule has 1 aromatic rings. The Hall–Kier alpha value is -0.0300. The van der Waals surface area contributed by atoms with Gasteiger partial charge < -0.3 is 4.74 Å². The van der Waals surface area contributed by atoms with Crippen LogP contribution >= 0.6 is 34.2 Å². The van der Waals surface area contributed by atoms with Gasteiger partial charge in [-0.15, -0.1) is 0 Å². The molecule has 1 heterocycles. The number of aromatic nitrogens is 1. The number of hydrogen-bond donors (Lipinski definition) is 0. The summed E-state index contributed by atoms with van der Waals surface area (Å²) >= 11 is 7.73. The maximum absolute atomic E-state index is 5.65. The smallest absolute Gasteiger partial charge is 0.151 e. The molecule has 0 bridgehead atoms. The lowest BCUT2D eigenvalue weighted by atomic mass is 10.5. The van der Waals surface area contributed by atoms with Crippen LogP contribution in [0.15, 0.2) is 12.1 Å². The fourth-order valence-electron chi connectivity index (χ4n) is 0.663. The van der Waals surface area contributed by atoms with Crippen molar-refractivity contribution in [1.82, 2.24) is 4.98 Å². The maximum Gasteiger partial charge on any atom is 0.151 e. The fourth-order valence-corrected chi connectivity index (χ4v) is 1.55. The second-order valence-electron chi connectivity index (χ2n) is 1.86. The number of ether oxygens (including phenoxy) is 1. The molecule has 0 spiro atoms. The van der Waals surface area contributed by atoms with E-state index in [-0.39, 0.29) is 0 Å². The van der Waals surface area contributed by atoms with Crippen LogP contribution in [0, 0.1) is 3.70 Å². The molecule has 0 aliphatic heterocycles. The van der Waals surface area contributed by atoms with Crippen molar-refractivity contribution in [2.45, 2.75) is 6.92 Å². The molecule has 0 saturated heterocycles. The van der Waals surface area contributed by atoms with E-state index in [1.54, 1.807) is 6.07 Å². The van der Waals surface area contributed by atoms with Crippen molar-refractivity contribution in [2.24, 2.45) is 0 Å². The summed E-state index contributed by atoms with van der Waals surface area (Å²) in [6.45, 7) is 2.59. The van der Waals surface area contributed by atoms with E-state index in [0.717, 1.165) is 9.45 Å². The third-order valence-electron chi connectivity index (χ3n) is 1.08.